The molecule has 3 N–H and O–H groups in total. The zero-order valence-electron chi connectivity index (χ0n) is 11.9. The lowest BCUT2D eigenvalue weighted by atomic mass is 10.1. The average molecular weight is 284 g/mol. The van der Waals surface area contributed by atoms with Crippen LogP contribution in [0.15, 0.2) is 42.5 Å². The second-order valence-corrected chi connectivity index (χ2v) is 5.37. The lowest BCUT2D eigenvalue weighted by Gasteiger charge is -2.14. The molecule has 0 amide bonds. The standard InChI is InChI=1S/C17H20N2S/c1-3-5-13-8-10-14(11-9-13)19-16-12(2)6-4-7-15(16)17(18)20/h4,6-11,19H,3,5H2,1-2H3,(H2,18,20). The molecule has 0 atom stereocenters. The molecule has 0 fully saturated rings. The van der Waals surface area contributed by atoms with E-state index in [0.29, 0.717) is 4.99 Å². The molecule has 0 bridgehead atoms. The third-order valence-electron chi connectivity index (χ3n) is 3.30. The van der Waals surface area contributed by atoms with Gasteiger partial charge in [-0.15, -0.1) is 0 Å². The van der Waals surface area contributed by atoms with Crippen molar-refractivity contribution in [1.29, 1.82) is 0 Å². The zero-order valence-corrected chi connectivity index (χ0v) is 12.8. The van der Waals surface area contributed by atoms with Gasteiger partial charge in [0.25, 0.3) is 0 Å². The minimum absolute atomic E-state index is 0.416. The monoisotopic (exact) mass is 284 g/mol. The Morgan fingerprint density at radius 3 is 2.45 bits per heavy atom. The largest absolute Gasteiger partial charge is 0.389 e. The van der Waals surface area contributed by atoms with Crippen LogP contribution in [0.2, 0.25) is 0 Å². The predicted molar refractivity (Wildman–Crippen MR) is 90.8 cm³/mol. The first-order valence-corrected chi connectivity index (χ1v) is 7.28. The van der Waals surface area contributed by atoms with Gasteiger partial charge in [0.05, 0.1) is 5.69 Å². The van der Waals surface area contributed by atoms with Crippen LogP contribution >= 0.6 is 12.2 Å². The third-order valence-corrected chi connectivity index (χ3v) is 3.52. The van der Waals surface area contributed by atoms with Gasteiger partial charge in [0, 0.05) is 11.3 Å². The van der Waals surface area contributed by atoms with E-state index in [1.807, 2.05) is 12.1 Å². The van der Waals surface area contributed by atoms with E-state index in [4.69, 9.17) is 18.0 Å². The van der Waals surface area contributed by atoms with Crippen LogP contribution < -0.4 is 11.1 Å². The summed E-state index contributed by atoms with van der Waals surface area (Å²) in [5, 5.41) is 3.42. The van der Waals surface area contributed by atoms with Gasteiger partial charge in [-0.25, -0.2) is 0 Å². The van der Waals surface area contributed by atoms with E-state index in [1.54, 1.807) is 0 Å². The van der Waals surface area contributed by atoms with Gasteiger partial charge in [-0.05, 0) is 42.7 Å². The van der Waals surface area contributed by atoms with E-state index in [9.17, 15) is 0 Å². The molecule has 0 saturated carbocycles. The zero-order chi connectivity index (χ0) is 14.5. The lowest BCUT2D eigenvalue weighted by molar-refractivity contribution is 0.922. The molecule has 0 unspecified atom stereocenters. The second kappa shape index (κ2) is 6.53. The molecule has 2 rings (SSSR count). The molecule has 0 spiro atoms. The molecule has 0 heterocycles. The third kappa shape index (κ3) is 3.36. The normalized spacial score (nSPS) is 10.3. The molecular formula is C17H20N2S. The van der Waals surface area contributed by atoms with E-state index in [-0.39, 0.29) is 0 Å². The van der Waals surface area contributed by atoms with Gasteiger partial charge >= 0.3 is 0 Å². The Bertz CT molecular complexity index is 603. The average Bonchev–Trinajstić information content (AvgIpc) is 2.43. The van der Waals surface area contributed by atoms with Crippen molar-refractivity contribution in [2.45, 2.75) is 26.7 Å². The molecule has 3 heteroatoms. The smallest absolute Gasteiger partial charge is 0.106 e. The van der Waals surface area contributed by atoms with Crippen LogP contribution in [0.25, 0.3) is 0 Å². The van der Waals surface area contributed by atoms with Crippen molar-refractivity contribution < 1.29 is 0 Å². The summed E-state index contributed by atoms with van der Waals surface area (Å²) in [6.45, 7) is 4.24. The van der Waals surface area contributed by atoms with E-state index < -0.39 is 0 Å². The predicted octanol–water partition coefficient (Wildman–Crippen LogP) is 4.33. The summed E-state index contributed by atoms with van der Waals surface area (Å²) in [5.41, 5.74) is 11.2. The number of nitrogens with two attached hydrogens (primary N) is 1. The molecule has 0 aliphatic heterocycles. The fourth-order valence-corrected chi connectivity index (χ4v) is 2.40. The van der Waals surface area contributed by atoms with Gasteiger partial charge in [-0.1, -0.05) is 49.8 Å². The Hall–Kier alpha value is -1.87. The van der Waals surface area contributed by atoms with E-state index in [0.717, 1.165) is 35.3 Å². The summed E-state index contributed by atoms with van der Waals surface area (Å²) in [4.78, 5) is 0.416. The Morgan fingerprint density at radius 2 is 1.85 bits per heavy atom. The highest BCUT2D eigenvalue weighted by Crippen LogP contribution is 2.25. The molecule has 2 aromatic rings. The highest BCUT2D eigenvalue weighted by molar-refractivity contribution is 7.80. The fourth-order valence-electron chi connectivity index (χ4n) is 2.23. The number of thiocarbonyl (C=S) groups is 1. The van der Waals surface area contributed by atoms with Crippen molar-refractivity contribution in [3.8, 4) is 0 Å². The van der Waals surface area contributed by atoms with Crippen LogP contribution in [-0.2, 0) is 6.42 Å². The Morgan fingerprint density at radius 1 is 1.15 bits per heavy atom. The van der Waals surface area contributed by atoms with Gasteiger partial charge in [0.2, 0.25) is 0 Å². The van der Waals surface area contributed by atoms with Crippen LogP contribution in [0.5, 0.6) is 0 Å². The summed E-state index contributed by atoms with van der Waals surface area (Å²) in [6, 6.07) is 14.5. The maximum Gasteiger partial charge on any atom is 0.106 e. The first-order chi connectivity index (χ1) is 9.61. The molecule has 0 aliphatic rings. The summed E-state index contributed by atoms with van der Waals surface area (Å²) in [6.07, 6.45) is 2.28. The molecule has 104 valence electrons. The van der Waals surface area contributed by atoms with Gasteiger partial charge in [-0.3, -0.25) is 0 Å². The number of aryl methyl sites for hydroxylation is 2. The number of hydrogen-bond donors (Lipinski definition) is 2. The molecule has 0 aliphatic carbocycles. The molecule has 20 heavy (non-hydrogen) atoms. The molecule has 0 saturated heterocycles. The number of anilines is 2. The van der Waals surface area contributed by atoms with Crippen LogP contribution in [0.4, 0.5) is 11.4 Å². The molecule has 0 radical (unpaired) electrons. The topological polar surface area (TPSA) is 38.0 Å². The van der Waals surface area contributed by atoms with Crippen molar-refractivity contribution in [2.24, 2.45) is 5.73 Å². The Kier molecular flexibility index (Phi) is 4.74. The SMILES string of the molecule is CCCc1ccc(Nc2c(C)cccc2C(N)=S)cc1. The number of rotatable bonds is 5. The molecule has 0 aromatic heterocycles. The Balaban J connectivity index is 2.27. The van der Waals surface area contributed by atoms with E-state index in [1.165, 1.54) is 5.56 Å². The van der Waals surface area contributed by atoms with Gasteiger partial charge in [-0.2, -0.15) is 0 Å². The summed E-state index contributed by atoms with van der Waals surface area (Å²) in [5.74, 6) is 0. The number of para-hydroxylation sites is 1. The highest BCUT2D eigenvalue weighted by Gasteiger charge is 2.08. The second-order valence-electron chi connectivity index (χ2n) is 4.93. The van der Waals surface area contributed by atoms with E-state index in [2.05, 4.69) is 49.5 Å². The quantitative estimate of drug-likeness (QED) is 0.803. The van der Waals surface area contributed by atoms with Gasteiger partial charge in [0.15, 0.2) is 0 Å². The van der Waals surface area contributed by atoms with Gasteiger partial charge in [0.1, 0.15) is 4.99 Å². The summed E-state index contributed by atoms with van der Waals surface area (Å²) >= 11 is 5.12. The van der Waals surface area contributed by atoms with Crippen LogP contribution in [0.3, 0.4) is 0 Å². The molecule has 2 nitrogen and oxygen atoms in total. The number of nitrogens with one attached hydrogen (secondary N) is 1. The Labute approximate surface area is 126 Å². The lowest BCUT2D eigenvalue weighted by Crippen LogP contribution is -2.12. The first kappa shape index (κ1) is 14.5. The fraction of sp³-hybridized carbons (Fsp3) is 0.235. The van der Waals surface area contributed by atoms with Crippen molar-refractivity contribution >= 4 is 28.6 Å². The minimum atomic E-state index is 0.416. The van der Waals surface area contributed by atoms with Gasteiger partial charge < -0.3 is 11.1 Å². The molecule has 2 aromatic carbocycles. The molecular weight excluding hydrogens is 264 g/mol. The van der Waals surface area contributed by atoms with Crippen LogP contribution in [0, 0.1) is 6.92 Å². The van der Waals surface area contributed by atoms with E-state index >= 15 is 0 Å². The number of benzene rings is 2. The van der Waals surface area contributed by atoms with Crippen molar-refractivity contribution in [3.05, 3.63) is 59.2 Å². The van der Waals surface area contributed by atoms with Crippen LogP contribution in [-0.4, -0.2) is 4.99 Å². The summed E-state index contributed by atoms with van der Waals surface area (Å²) in [7, 11) is 0. The van der Waals surface area contributed by atoms with Crippen molar-refractivity contribution in [1.82, 2.24) is 0 Å². The maximum absolute atomic E-state index is 5.79. The number of hydrogen-bond acceptors (Lipinski definition) is 2. The van der Waals surface area contributed by atoms with Crippen molar-refractivity contribution in [3.63, 3.8) is 0 Å². The highest BCUT2D eigenvalue weighted by atomic mass is 32.1. The maximum atomic E-state index is 5.79. The van der Waals surface area contributed by atoms with Crippen molar-refractivity contribution in [2.75, 3.05) is 5.32 Å². The first-order valence-electron chi connectivity index (χ1n) is 6.87. The minimum Gasteiger partial charge on any atom is -0.389 e. The van der Waals surface area contributed by atoms with Crippen LogP contribution in [0.1, 0.15) is 30.0 Å². The summed E-state index contributed by atoms with van der Waals surface area (Å²) < 4.78 is 0.